The van der Waals surface area contributed by atoms with Crippen LogP contribution in [0.1, 0.15) is 30.9 Å². The highest BCUT2D eigenvalue weighted by atomic mass is 32.2. The molecular weight excluding hydrogens is 447 g/mol. The average molecular weight is 463 g/mol. The number of aromatic nitrogens is 4. The molecule has 162 valence electrons. The van der Waals surface area contributed by atoms with E-state index >= 15 is 0 Å². The number of pyridine rings is 1. The zero-order valence-electron chi connectivity index (χ0n) is 15.7. The van der Waals surface area contributed by atoms with Crippen molar-refractivity contribution in [2.45, 2.75) is 33.2 Å². The molecule has 14 heteroatoms. The number of hydrogen-bond donors (Lipinski definition) is 0. The summed E-state index contributed by atoms with van der Waals surface area (Å²) in [5.41, 5.74) is 0.0399. The average Bonchev–Trinajstić information content (AvgIpc) is 3.35. The van der Waals surface area contributed by atoms with Crippen LogP contribution >= 0.6 is 11.3 Å². The second-order valence-electron chi connectivity index (χ2n) is 5.84. The zero-order chi connectivity index (χ0) is 21.9. The molecule has 0 saturated carbocycles. The summed E-state index contributed by atoms with van der Waals surface area (Å²) < 4.78 is 73.9. The van der Waals surface area contributed by atoms with Crippen LogP contribution in [0.4, 0.5) is 18.9 Å². The lowest BCUT2D eigenvalue weighted by molar-refractivity contribution is -0.0500. The van der Waals surface area contributed by atoms with E-state index in [0.717, 1.165) is 27.9 Å². The van der Waals surface area contributed by atoms with E-state index in [0.29, 0.717) is 9.88 Å². The van der Waals surface area contributed by atoms with Crippen LogP contribution < -0.4 is 9.04 Å². The number of sulfonamides is 1. The van der Waals surface area contributed by atoms with Crippen molar-refractivity contribution in [2.24, 2.45) is 0 Å². The molecule has 0 bridgehead atoms. The fourth-order valence-electron chi connectivity index (χ4n) is 2.32. The van der Waals surface area contributed by atoms with E-state index in [9.17, 15) is 21.6 Å². The summed E-state index contributed by atoms with van der Waals surface area (Å²) in [5, 5.41) is 7.70. The van der Waals surface area contributed by atoms with Crippen LogP contribution in [0.5, 0.6) is 5.75 Å². The Balaban J connectivity index is 1.89. The van der Waals surface area contributed by atoms with Crippen LogP contribution in [-0.4, -0.2) is 40.9 Å². The van der Waals surface area contributed by atoms with Crippen molar-refractivity contribution >= 4 is 27.0 Å². The molecule has 0 radical (unpaired) electrons. The van der Waals surface area contributed by atoms with Gasteiger partial charge in [-0.2, -0.15) is 8.78 Å². The number of nitrogens with zero attached hydrogens (tertiary/aromatic N) is 5. The van der Waals surface area contributed by atoms with E-state index in [-0.39, 0.29) is 35.5 Å². The SMILES string of the molecule is CCS(=O)(=O)N(Cc1ncc(-c2nnc(C(C)F)o2)s1)c1cncc(OC(F)F)c1. The van der Waals surface area contributed by atoms with Crippen molar-refractivity contribution in [2.75, 3.05) is 10.1 Å². The van der Waals surface area contributed by atoms with Gasteiger partial charge >= 0.3 is 6.61 Å². The van der Waals surface area contributed by atoms with E-state index < -0.39 is 22.8 Å². The van der Waals surface area contributed by atoms with Gasteiger partial charge in [-0.3, -0.25) is 9.29 Å². The normalized spacial score (nSPS) is 12.9. The van der Waals surface area contributed by atoms with E-state index in [2.05, 4.69) is 24.9 Å². The van der Waals surface area contributed by atoms with Gasteiger partial charge in [0.25, 0.3) is 11.8 Å². The minimum atomic E-state index is -3.80. The molecule has 0 fully saturated rings. The summed E-state index contributed by atoms with van der Waals surface area (Å²) in [7, 11) is -3.80. The number of thiazole rings is 1. The molecule has 9 nitrogen and oxygen atoms in total. The predicted octanol–water partition coefficient (Wildman–Crippen LogP) is 3.58. The minimum absolute atomic E-state index is 0.0399. The predicted molar refractivity (Wildman–Crippen MR) is 101 cm³/mol. The Labute approximate surface area is 173 Å². The lowest BCUT2D eigenvalue weighted by atomic mass is 10.4. The smallest absolute Gasteiger partial charge is 0.387 e. The van der Waals surface area contributed by atoms with Crippen molar-refractivity contribution in [3.05, 3.63) is 35.6 Å². The summed E-state index contributed by atoms with van der Waals surface area (Å²) in [6.07, 6.45) is 2.23. The van der Waals surface area contributed by atoms with Crippen molar-refractivity contribution in [1.29, 1.82) is 0 Å². The molecule has 0 aliphatic carbocycles. The van der Waals surface area contributed by atoms with Crippen molar-refractivity contribution < 1.29 is 30.7 Å². The second-order valence-corrected chi connectivity index (χ2v) is 9.14. The molecule has 0 aliphatic heterocycles. The van der Waals surface area contributed by atoms with Gasteiger partial charge in [0.15, 0.2) is 6.17 Å². The first-order valence-electron chi connectivity index (χ1n) is 8.52. The Bertz CT molecular complexity index is 1100. The molecule has 0 aromatic carbocycles. The molecule has 0 aliphatic rings. The topological polar surface area (TPSA) is 111 Å². The highest BCUT2D eigenvalue weighted by molar-refractivity contribution is 7.92. The second kappa shape index (κ2) is 8.95. The van der Waals surface area contributed by atoms with Gasteiger partial charge in [0, 0.05) is 6.07 Å². The van der Waals surface area contributed by atoms with Gasteiger partial charge in [0.05, 0.1) is 36.6 Å². The summed E-state index contributed by atoms with van der Waals surface area (Å²) in [6.45, 7) is -0.573. The van der Waals surface area contributed by atoms with Crippen LogP contribution in [-0.2, 0) is 16.6 Å². The van der Waals surface area contributed by atoms with Gasteiger partial charge in [0.1, 0.15) is 15.6 Å². The molecule has 0 amide bonds. The van der Waals surface area contributed by atoms with Gasteiger partial charge < -0.3 is 9.15 Å². The fourth-order valence-corrected chi connectivity index (χ4v) is 4.28. The Kier molecular flexibility index (Phi) is 6.55. The lowest BCUT2D eigenvalue weighted by Gasteiger charge is -2.22. The van der Waals surface area contributed by atoms with Crippen LogP contribution in [0.2, 0.25) is 0 Å². The van der Waals surface area contributed by atoms with Crippen molar-refractivity contribution in [3.63, 3.8) is 0 Å². The van der Waals surface area contributed by atoms with Crippen molar-refractivity contribution in [3.8, 4) is 16.5 Å². The third kappa shape index (κ3) is 5.05. The number of alkyl halides is 3. The fraction of sp³-hybridized carbons (Fsp3) is 0.375. The largest absolute Gasteiger partial charge is 0.433 e. The third-order valence-corrected chi connectivity index (χ3v) is 6.45. The standard InChI is InChI=1S/C16H16F3N5O4S2/c1-3-30(25,26)24(10-4-11(6-20-5-10)27-16(18)19)8-13-21-7-12(29-13)15-23-22-14(28-15)9(2)17/h4-7,9,16H,3,8H2,1-2H3. The molecule has 3 heterocycles. The highest BCUT2D eigenvalue weighted by Gasteiger charge is 2.24. The van der Waals surface area contributed by atoms with Crippen LogP contribution in [0, 0.1) is 0 Å². The minimum Gasteiger partial charge on any atom is -0.433 e. The number of anilines is 1. The molecule has 0 saturated heterocycles. The maximum Gasteiger partial charge on any atom is 0.387 e. The Morgan fingerprint density at radius 1 is 1.23 bits per heavy atom. The summed E-state index contributed by atoms with van der Waals surface area (Å²) in [6, 6.07) is 1.15. The number of ether oxygens (including phenoxy) is 1. The maximum absolute atomic E-state index is 13.3. The molecule has 3 aromatic rings. The first-order chi connectivity index (χ1) is 14.2. The first-order valence-corrected chi connectivity index (χ1v) is 10.9. The molecule has 0 spiro atoms. The Morgan fingerprint density at radius 3 is 2.63 bits per heavy atom. The highest BCUT2D eigenvalue weighted by Crippen LogP contribution is 2.30. The summed E-state index contributed by atoms with van der Waals surface area (Å²) >= 11 is 1.07. The maximum atomic E-state index is 13.3. The van der Waals surface area contributed by atoms with Gasteiger partial charge in [0.2, 0.25) is 10.0 Å². The van der Waals surface area contributed by atoms with Gasteiger partial charge in [-0.25, -0.2) is 17.8 Å². The van der Waals surface area contributed by atoms with Gasteiger partial charge in [-0.05, 0) is 13.8 Å². The lowest BCUT2D eigenvalue weighted by Crippen LogP contribution is -2.32. The summed E-state index contributed by atoms with van der Waals surface area (Å²) in [5.74, 6) is -0.654. The molecule has 30 heavy (non-hydrogen) atoms. The van der Waals surface area contributed by atoms with Gasteiger partial charge in [-0.1, -0.05) is 0 Å². The molecule has 0 N–H and O–H groups in total. The van der Waals surface area contributed by atoms with Crippen LogP contribution in [0.25, 0.3) is 10.8 Å². The van der Waals surface area contributed by atoms with E-state index in [4.69, 9.17) is 4.42 Å². The van der Waals surface area contributed by atoms with E-state index in [1.165, 1.54) is 26.2 Å². The molecule has 1 atom stereocenters. The van der Waals surface area contributed by atoms with Crippen molar-refractivity contribution in [1.82, 2.24) is 20.2 Å². The zero-order valence-corrected chi connectivity index (χ0v) is 17.3. The van der Waals surface area contributed by atoms with E-state index in [1.807, 2.05) is 0 Å². The van der Waals surface area contributed by atoms with E-state index in [1.54, 1.807) is 0 Å². The van der Waals surface area contributed by atoms with Gasteiger partial charge in [-0.15, -0.1) is 21.5 Å². The number of halogens is 3. The van der Waals surface area contributed by atoms with Crippen LogP contribution in [0.3, 0.4) is 0 Å². The quantitative estimate of drug-likeness (QED) is 0.473. The third-order valence-electron chi connectivity index (χ3n) is 3.74. The first kappa shape index (κ1) is 22.0. The number of hydrogen-bond acceptors (Lipinski definition) is 9. The summed E-state index contributed by atoms with van der Waals surface area (Å²) in [4.78, 5) is 8.34. The molecule has 1 unspecified atom stereocenters. The molecular formula is C16H16F3N5O4S2. The monoisotopic (exact) mass is 463 g/mol. The molecule has 3 aromatic heterocycles. The number of rotatable bonds is 9. The molecule has 3 rings (SSSR count). The Hall–Kier alpha value is -2.74. The Morgan fingerprint density at radius 2 is 2.00 bits per heavy atom. The van der Waals surface area contributed by atoms with Crippen LogP contribution in [0.15, 0.2) is 29.1 Å².